The number of hydrogen-bond acceptors (Lipinski definition) is 5. The number of urea groups is 1. The van der Waals surface area contributed by atoms with Crippen LogP contribution < -0.4 is 14.4 Å². The quantitative estimate of drug-likeness (QED) is 0.683. The number of ketones is 1. The van der Waals surface area contributed by atoms with E-state index in [4.69, 9.17) is 9.47 Å². The molecule has 1 saturated heterocycles. The van der Waals surface area contributed by atoms with Crippen LogP contribution in [-0.4, -0.2) is 42.9 Å². The molecule has 0 aromatic heterocycles. The summed E-state index contributed by atoms with van der Waals surface area (Å²) in [5, 5.41) is 0. The maximum Gasteiger partial charge on any atom is 0.331 e. The van der Waals surface area contributed by atoms with Gasteiger partial charge in [0.25, 0.3) is 0 Å². The smallest absolute Gasteiger partial charge is 0.331 e. The summed E-state index contributed by atoms with van der Waals surface area (Å²) in [6.07, 6.45) is 0.619. The molecule has 1 aliphatic rings. The van der Waals surface area contributed by atoms with Gasteiger partial charge in [0.2, 0.25) is 5.91 Å². The van der Waals surface area contributed by atoms with Crippen molar-refractivity contribution in [2.24, 2.45) is 0 Å². The number of Topliss-reactive ketones (excluding diaryl/α,β-unsaturated/α-hetero) is 1. The molecular formula is C22H24N2O5. The first-order valence-electron chi connectivity index (χ1n) is 9.45. The van der Waals surface area contributed by atoms with Crippen LogP contribution in [0.4, 0.5) is 10.5 Å². The number of hydrogen-bond donors (Lipinski definition) is 0. The van der Waals surface area contributed by atoms with Gasteiger partial charge in [-0.1, -0.05) is 12.1 Å². The molecule has 7 heteroatoms. The summed E-state index contributed by atoms with van der Waals surface area (Å²) >= 11 is 0. The van der Waals surface area contributed by atoms with Gasteiger partial charge in [0.1, 0.15) is 17.3 Å². The molecule has 0 N–H and O–H groups in total. The Morgan fingerprint density at radius 2 is 1.66 bits per heavy atom. The molecule has 152 valence electrons. The van der Waals surface area contributed by atoms with Gasteiger partial charge in [0.15, 0.2) is 0 Å². The summed E-state index contributed by atoms with van der Waals surface area (Å²) in [6, 6.07) is 14.0. The van der Waals surface area contributed by atoms with Crippen molar-refractivity contribution in [1.29, 1.82) is 0 Å². The van der Waals surface area contributed by atoms with Crippen LogP contribution in [0, 0.1) is 0 Å². The molecule has 0 atom stereocenters. The van der Waals surface area contributed by atoms with Gasteiger partial charge in [-0.25, -0.2) is 4.79 Å². The molecule has 2 aromatic rings. The number of carbonyl (C=O) groups is 3. The van der Waals surface area contributed by atoms with Crippen LogP contribution in [0.2, 0.25) is 0 Å². The Labute approximate surface area is 169 Å². The lowest BCUT2D eigenvalue weighted by Gasteiger charge is -2.34. The Morgan fingerprint density at radius 3 is 2.28 bits per heavy atom. The summed E-state index contributed by atoms with van der Waals surface area (Å²) in [6.45, 7) is 2.39. The maximum absolute atomic E-state index is 12.9. The van der Waals surface area contributed by atoms with Crippen molar-refractivity contribution in [2.45, 2.75) is 26.3 Å². The standard InChI is InChI=1S/C22H24N2O5/c1-16(25)12-14-29-20-9-5-18(6-10-20)23-13-11-21(26)24(22(23)27)15-17-3-7-19(28-2)8-4-17/h3-10H,11-15H2,1-2H3. The third-order valence-corrected chi connectivity index (χ3v) is 4.68. The molecule has 0 unspecified atom stereocenters. The van der Waals surface area contributed by atoms with Crippen LogP contribution in [0.3, 0.4) is 0 Å². The van der Waals surface area contributed by atoms with Gasteiger partial charge in [-0.2, -0.15) is 0 Å². The fraction of sp³-hybridized carbons (Fsp3) is 0.318. The van der Waals surface area contributed by atoms with Crippen LogP contribution in [0.25, 0.3) is 0 Å². The van der Waals surface area contributed by atoms with Gasteiger partial charge in [-0.15, -0.1) is 0 Å². The number of anilines is 1. The number of carbonyl (C=O) groups excluding carboxylic acids is 3. The van der Waals surface area contributed by atoms with E-state index in [1.165, 1.54) is 11.8 Å². The number of rotatable bonds is 8. The van der Waals surface area contributed by atoms with Crippen molar-refractivity contribution in [3.8, 4) is 11.5 Å². The highest BCUT2D eigenvalue weighted by Crippen LogP contribution is 2.25. The van der Waals surface area contributed by atoms with Crippen LogP contribution in [-0.2, 0) is 16.1 Å². The van der Waals surface area contributed by atoms with E-state index in [1.807, 2.05) is 12.1 Å². The van der Waals surface area contributed by atoms with Gasteiger partial charge in [-0.05, 0) is 48.9 Å². The topological polar surface area (TPSA) is 76.2 Å². The van der Waals surface area contributed by atoms with Gasteiger partial charge in [0.05, 0.1) is 20.3 Å². The summed E-state index contributed by atoms with van der Waals surface area (Å²) in [4.78, 5) is 39.1. The number of amides is 3. The van der Waals surface area contributed by atoms with Gasteiger partial charge >= 0.3 is 6.03 Å². The largest absolute Gasteiger partial charge is 0.497 e. The van der Waals surface area contributed by atoms with E-state index in [1.54, 1.807) is 48.4 Å². The van der Waals surface area contributed by atoms with Crippen molar-refractivity contribution < 1.29 is 23.9 Å². The highest BCUT2D eigenvalue weighted by Gasteiger charge is 2.32. The molecule has 0 radical (unpaired) electrons. The zero-order chi connectivity index (χ0) is 20.8. The minimum atomic E-state index is -0.345. The highest BCUT2D eigenvalue weighted by molar-refractivity contribution is 6.05. The number of nitrogens with zero attached hydrogens (tertiary/aromatic N) is 2. The number of methoxy groups -OCH3 is 1. The molecule has 29 heavy (non-hydrogen) atoms. The third-order valence-electron chi connectivity index (χ3n) is 4.68. The van der Waals surface area contributed by atoms with E-state index in [0.717, 1.165) is 11.3 Å². The molecule has 3 amide bonds. The molecule has 0 spiro atoms. The summed E-state index contributed by atoms with van der Waals surface area (Å²) in [5.41, 5.74) is 1.55. The molecule has 1 aliphatic heterocycles. The highest BCUT2D eigenvalue weighted by atomic mass is 16.5. The van der Waals surface area contributed by atoms with Crippen LogP contribution in [0.5, 0.6) is 11.5 Å². The fourth-order valence-electron chi connectivity index (χ4n) is 3.03. The van der Waals surface area contributed by atoms with E-state index in [9.17, 15) is 14.4 Å². The molecular weight excluding hydrogens is 372 g/mol. The zero-order valence-electron chi connectivity index (χ0n) is 16.6. The second kappa shape index (κ2) is 9.23. The van der Waals surface area contributed by atoms with Crippen molar-refractivity contribution in [1.82, 2.24) is 4.90 Å². The number of ether oxygens (including phenoxy) is 2. The van der Waals surface area contributed by atoms with Crippen LogP contribution in [0.15, 0.2) is 48.5 Å². The van der Waals surface area contributed by atoms with Crippen molar-refractivity contribution in [3.63, 3.8) is 0 Å². The molecule has 2 aromatic carbocycles. The van der Waals surface area contributed by atoms with Gasteiger partial charge < -0.3 is 9.47 Å². The maximum atomic E-state index is 12.9. The van der Waals surface area contributed by atoms with Crippen molar-refractivity contribution in [2.75, 3.05) is 25.2 Å². The van der Waals surface area contributed by atoms with Crippen LogP contribution in [0.1, 0.15) is 25.3 Å². The summed E-state index contributed by atoms with van der Waals surface area (Å²) in [5.74, 6) is 1.23. The third kappa shape index (κ3) is 5.13. The van der Waals surface area contributed by atoms with Crippen molar-refractivity contribution in [3.05, 3.63) is 54.1 Å². The zero-order valence-corrected chi connectivity index (χ0v) is 16.6. The number of imide groups is 1. The minimum absolute atomic E-state index is 0.0714. The normalized spacial score (nSPS) is 14.1. The number of benzene rings is 2. The molecule has 0 bridgehead atoms. The second-order valence-corrected chi connectivity index (χ2v) is 6.81. The molecule has 7 nitrogen and oxygen atoms in total. The SMILES string of the molecule is COc1ccc(CN2C(=O)CCN(c3ccc(OCCC(C)=O)cc3)C2=O)cc1. The van der Waals surface area contributed by atoms with E-state index >= 15 is 0 Å². The van der Waals surface area contributed by atoms with E-state index in [0.29, 0.717) is 31.0 Å². The average Bonchev–Trinajstić information content (AvgIpc) is 2.72. The molecule has 0 saturated carbocycles. The lowest BCUT2D eigenvalue weighted by Crippen LogP contribution is -2.52. The summed E-state index contributed by atoms with van der Waals surface area (Å²) < 4.78 is 10.7. The molecule has 0 aliphatic carbocycles. The van der Waals surface area contributed by atoms with E-state index < -0.39 is 0 Å². The minimum Gasteiger partial charge on any atom is -0.497 e. The Morgan fingerprint density at radius 1 is 1.00 bits per heavy atom. The summed E-state index contributed by atoms with van der Waals surface area (Å²) in [7, 11) is 1.59. The van der Waals surface area contributed by atoms with Crippen LogP contribution >= 0.6 is 0 Å². The monoisotopic (exact) mass is 396 g/mol. The Hall–Kier alpha value is -3.35. The molecule has 3 rings (SSSR count). The predicted octanol–water partition coefficient (Wildman–Crippen LogP) is 3.41. The second-order valence-electron chi connectivity index (χ2n) is 6.81. The van der Waals surface area contributed by atoms with Gasteiger partial charge in [-0.3, -0.25) is 19.4 Å². The predicted molar refractivity (Wildman–Crippen MR) is 108 cm³/mol. The first-order valence-corrected chi connectivity index (χ1v) is 9.45. The fourth-order valence-corrected chi connectivity index (χ4v) is 3.03. The first-order chi connectivity index (χ1) is 14.0. The van der Waals surface area contributed by atoms with E-state index in [2.05, 4.69) is 0 Å². The van der Waals surface area contributed by atoms with E-state index in [-0.39, 0.29) is 30.7 Å². The Bertz CT molecular complexity index is 877. The van der Waals surface area contributed by atoms with Crippen molar-refractivity contribution >= 4 is 23.4 Å². The molecule has 1 fully saturated rings. The lowest BCUT2D eigenvalue weighted by molar-refractivity contribution is -0.129. The Balaban J connectivity index is 1.67. The Kier molecular flexibility index (Phi) is 6.49. The average molecular weight is 396 g/mol. The van der Waals surface area contributed by atoms with Gasteiger partial charge in [0, 0.05) is 25.1 Å². The first kappa shape index (κ1) is 20.4. The molecule has 1 heterocycles. The lowest BCUT2D eigenvalue weighted by atomic mass is 10.1.